The summed E-state index contributed by atoms with van der Waals surface area (Å²) in [6, 6.07) is 13.3. The van der Waals surface area contributed by atoms with Crippen molar-refractivity contribution in [2.45, 2.75) is 84.3 Å². The van der Waals surface area contributed by atoms with Gasteiger partial charge in [-0.2, -0.15) is 0 Å². The van der Waals surface area contributed by atoms with E-state index in [1.807, 2.05) is 37.3 Å². The Morgan fingerprint density at radius 2 is 1.66 bits per heavy atom. The highest BCUT2D eigenvalue weighted by Gasteiger charge is 2.30. The highest BCUT2D eigenvalue weighted by Crippen LogP contribution is 2.20. The van der Waals surface area contributed by atoms with Crippen LogP contribution in [-0.4, -0.2) is 28.8 Å². The van der Waals surface area contributed by atoms with Crippen molar-refractivity contribution in [2.24, 2.45) is 0 Å². The number of halogens is 1. The molecule has 0 aliphatic heterocycles. The van der Waals surface area contributed by atoms with E-state index in [2.05, 4.69) is 31.3 Å². The minimum Gasteiger partial charge on any atom is -0.352 e. The Morgan fingerprint density at radius 1 is 1.00 bits per heavy atom. The highest BCUT2D eigenvalue weighted by molar-refractivity contribution is 6.30. The lowest BCUT2D eigenvalue weighted by atomic mass is 9.95. The molecule has 0 aromatic heterocycles. The summed E-state index contributed by atoms with van der Waals surface area (Å²) in [5.74, 6) is -0.0735. The molecule has 0 heterocycles. The molecule has 5 heteroatoms. The normalized spacial score (nSPS) is 15.2. The summed E-state index contributed by atoms with van der Waals surface area (Å²) < 4.78 is 0. The quantitative estimate of drug-likeness (QED) is 0.551. The van der Waals surface area contributed by atoms with Gasteiger partial charge in [0.25, 0.3) is 0 Å². The Bertz CT molecular complexity index is 920. The molecule has 1 atom stereocenters. The molecule has 172 valence electrons. The van der Waals surface area contributed by atoms with E-state index in [-0.39, 0.29) is 24.3 Å². The number of hydrogen-bond donors (Lipinski definition) is 1. The molecule has 2 aromatic carbocycles. The van der Waals surface area contributed by atoms with Gasteiger partial charge in [-0.15, -0.1) is 0 Å². The van der Waals surface area contributed by atoms with Crippen molar-refractivity contribution in [1.29, 1.82) is 0 Å². The smallest absolute Gasteiger partial charge is 0.243 e. The third-order valence-corrected chi connectivity index (χ3v) is 6.78. The summed E-state index contributed by atoms with van der Waals surface area (Å²) in [5.41, 5.74) is 4.31. The first kappa shape index (κ1) is 24.3. The van der Waals surface area contributed by atoms with Gasteiger partial charge < -0.3 is 10.2 Å². The van der Waals surface area contributed by atoms with Crippen molar-refractivity contribution in [3.63, 3.8) is 0 Å². The maximum absolute atomic E-state index is 13.5. The molecule has 1 aliphatic carbocycles. The summed E-state index contributed by atoms with van der Waals surface area (Å²) in [6.07, 6.45) is 6.45. The van der Waals surface area contributed by atoms with Gasteiger partial charge in [-0.25, -0.2) is 0 Å². The number of nitrogens with one attached hydrogen (secondary N) is 1. The van der Waals surface area contributed by atoms with Crippen LogP contribution in [0.25, 0.3) is 0 Å². The van der Waals surface area contributed by atoms with Crippen LogP contribution in [0.4, 0.5) is 0 Å². The molecule has 2 aromatic rings. The molecule has 2 amide bonds. The zero-order valence-electron chi connectivity index (χ0n) is 19.5. The number of rotatable bonds is 8. The van der Waals surface area contributed by atoms with Crippen molar-refractivity contribution >= 4 is 23.4 Å². The highest BCUT2D eigenvalue weighted by atomic mass is 35.5. The van der Waals surface area contributed by atoms with Gasteiger partial charge in [0.15, 0.2) is 0 Å². The third-order valence-electron chi connectivity index (χ3n) is 6.53. The van der Waals surface area contributed by atoms with Gasteiger partial charge in [-0.05, 0) is 67.5 Å². The number of amides is 2. The second-order valence-electron chi connectivity index (χ2n) is 9.01. The minimum atomic E-state index is -0.494. The molecule has 1 N–H and O–H groups in total. The average Bonchev–Trinajstić information content (AvgIpc) is 2.78. The fraction of sp³-hybridized carbons (Fsp3) is 0.481. The zero-order chi connectivity index (χ0) is 23.1. The van der Waals surface area contributed by atoms with E-state index in [1.165, 1.54) is 17.5 Å². The SMILES string of the molecule is CC[C@H](C(=O)NC1CCCCC1)N(Cc1ccc(Cl)cc1)C(=O)Cc1ccc(C)c(C)c1. The number of benzene rings is 2. The van der Waals surface area contributed by atoms with Crippen molar-refractivity contribution < 1.29 is 9.59 Å². The fourth-order valence-corrected chi connectivity index (χ4v) is 4.57. The molecule has 0 unspecified atom stereocenters. The molecule has 1 saturated carbocycles. The third kappa shape index (κ3) is 6.59. The van der Waals surface area contributed by atoms with E-state index in [9.17, 15) is 9.59 Å². The number of aryl methyl sites for hydroxylation is 2. The van der Waals surface area contributed by atoms with Crippen LogP contribution in [0.3, 0.4) is 0 Å². The molecule has 0 bridgehead atoms. The average molecular weight is 455 g/mol. The number of nitrogens with zero attached hydrogens (tertiary/aromatic N) is 1. The minimum absolute atomic E-state index is 0.0335. The van der Waals surface area contributed by atoms with E-state index in [0.29, 0.717) is 18.0 Å². The topological polar surface area (TPSA) is 49.4 Å². The van der Waals surface area contributed by atoms with E-state index >= 15 is 0 Å². The van der Waals surface area contributed by atoms with E-state index in [0.717, 1.165) is 36.8 Å². The maximum Gasteiger partial charge on any atom is 0.243 e. The van der Waals surface area contributed by atoms with E-state index in [4.69, 9.17) is 11.6 Å². The van der Waals surface area contributed by atoms with Crippen LogP contribution in [-0.2, 0) is 22.6 Å². The van der Waals surface area contributed by atoms with Gasteiger partial charge in [-0.1, -0.05) is 68.1 Å². The molecular weight excluding hydrogens is 420 g/mol. The van der Waals surface area contributed by atoms with Crippen molar-refractivity contribution in [2.75, 3.05) is 0 Å². The van der Waals surface area contributed by atoms with Gasteiger partial charge in [0.2, 0.25) is 11.8 Å². The molecule has 32 heavy (non-hydrogen) atoms. The first-order chi connectivity index (χ1) is 15.4. The largest absolute Gasteiger partial charge is 0.352 e. The van der Waals surface area contributed by atoms with Crippen LogP contribution >= 0.6 is 11.6 Å². The van der Waals surface area contributed by atoms with Crippen molar-refractivity contribution in [1.82, 2.24) is 10.2 Å². The van der Waals surface area contributed by atoms with Gasteiger partial charge in [0.1, 0.15) is 6.04 Å². The van der Waals surface area contributed by atoms with Gasteiger partial charge in [0, 0.05) is 17.6 Å². The Balaban J connectivity index is 1.81. The van der Waals surface area contributed by atoms with E-state index < -0.39 is 6.04 Å². The molecule has 0 saturated heterocycles. The Kier molecular flexibility index (Phi) is 8.75. The number of carbonyl (C=O) groups excluding carboxylic acids is 2. The predicted octanol–water partition coefficient (Wildman–Crippen LogP) is 5.76. The van der Waals surface area contributed by atoms with Gasteiger partial charge in [0.05, 0.1) is 6.42 Å². The Labute approximate surface area is 197 Å². The van der Waals surface area contributed by atoms with Crippen LogP contribution in [0.2, 0.25) is 5.02 Å². The maximum atomic E-state index is 13.5. The van der Waals surface area contributed by atoms with Crippen LogP contribution < -0.4 is 5.32 Å². The van der Waals surface area contributed by atoms with Crippen LogP contribution in [0.15, 0.2) is 42.5 Å². The molecule has 0 spiro atoms. The van der Waals surface area contributed by atoms with Crippen LogP contribution in [0, 0.1) is 13.8 Å². The lowest BCUT2D eigenvalue weighted by Gasteiger charge is -2.33. The zero-order valence-corrected chi connectivity index (χ0v) is 20.3. The summed E-state index contributed by atoms with van der Waals surface area (Å²) in [7, 11) is 0. The molecule has 1 aliphatic rings. The molecule has 0 radical (unpaired) electrons. The summed E-state index contributed by atoms with van der Waals surface area (Å²) >= 11 is 6.05. The first-order valence-electron chi connectivity index (χ1n) is 11.8. The Hall–Kier alpha value is -2.33. The summed E-state index contributed by atoms with van der Waals surface area (Å²) in [4.78, 5) is 28.5. The lowest BCUT2D eigenvalue weighted by molar-refractivity contribution is -0.141. The second kappa shape index (κ2) is 11.5. The van der Waals surface area contributed by atoms with E-state index in [1.54, 1.807) is 4.90 Å². The number of hydrogen-bond acceptors (Lipinski definition) is 2. The summed E-state index contributed by atoms with van der Waals surface area (Å²) in [6.45, 7) is 6.48. The number of carbonyl (C=O) groups is 2. The second-order valence-corrected chi connectivity index (χ2v) is 9.45. The first-order valence-corrected chi connectivity index (χ1v) is 12.2. The van der Waals surface area contributed by atoms with Crippen LogP contribution in [0.1, 0.15) is 67.7 Å². The molecular formula is C27H35ClN2O2. The van der Waals surface area contributed by atoms with Gasteiger partial charge >= 0.3 is 0 Å². The van der Waals surface area contributed by atoms with Crippen LogP contribution in [0.5, 0.6) is 0 Å². The van der Waals surface area contributed by atoms with Gasteiger partial charge in [-0.3, -0.25) is 9.59 Å². The lowest BCUT2D eigenvalue weighted by Crippen LogP contribution is -2.51. The van der Waals surface area contributed by atoms with Crippen molar-refractivity contribution in [3.05, 3.63) is 69.7 Å². The summed E-state index contributed by atoms with van der Waals surface area (Å²) in [5, 5.41) is 3.88. The Morgan fingerprint density at radius 3 is 2.28 bits per heavy atom. The monoisotopic (exact) mass is 454 g/mol. The predicted molar refractivity (Wildman–Crippen MR) is 131 cm³/mol. The standard InChI is InChI=1S/C27H35ClN2O2/c1-4-25(27(32)29-24-8-6-5-7-9-24)30(18-21-12-14-23(28)15-13-21)26(31)17-22-11-10-19(2)20(3)16-22/h10-16,24-25H,4-9,17-18H2,1-3H3,(H,29,32)/t25-/m1/s1. The fourth-order valence-electron chi connectivity index (χ4n) is 4.44. The van der Waals surface area contributed by atoms with Crippen molar-refractivity contribution in [3.8, 4) is 0 Å². The molecule has 1 fully saturated rings. The molecule has 3 rings (SSSR count). The molecule has 4 nitrogen and oxygen atoms in total.